The Bertz CT molecular complexity index is 424. The highest BCUT2D eigenvalue weighted by molar-refractivity contribution is 7.10. The van der Waals surface area contributed by atoms with Crippen LogP contribution >= 0.6 is 11.3 Å². The molecule has 2 amide bonds. The molecule has 0 aliphatic rings. The maximum atomic E-state index is 11.8. The van der Waals surface area contributed by atoms with E-state index in [4.69, 9.17) is 0 Å². The van der Waals surface area contributed by atoms with Crippen molar-refractivity contribution < 1.29 is 14.7 Å². The minimum atomic E-state index is -0.942. The molecule has 1 heterocycles. The molecule has 0 bridgehead atoms. The van der Waals surface area contributed by atoms with Crippen LogP contribution in [0.2, 0.25) is 0 Å². The van der Waals surface area contributed by atoms with Crippen molar-refractivity contribution in [2.24, 2.45) is 0 Å². The number of carbonyl (C=O) groups excluding carboxylic acids is 2. The van der Waals surface area contributed by atoms with Gasteiger partial charge in [-0.1, -0.05) is 6.07 Å². The van der Waals surface area contributed by atoms with E-state index in [9.17, 15) is 14.7 Å². The van der Waals surface area contributed by atoms with E-state index in [1.165, 1.54) is 18.3 Å². The molecule has 6 heteroatoms. The van der Waals surface area contributed by atoms with Crippen molar-refractivity contribution in [1.82, 2.24) is 10.6 Å². The Kier molecular flexibility index (Phi) is 5.50. The summed E-state index contributed by atoms with van der Waals surface area (Å²) in [5.74, 6) is -0.372. The molecular weight excluding hydrogens is 264 g/mol. The fourth-order valence-corrected chi connectivity index (χ4v) is 2.31. The fourth-order valence-electron chi connectivity index (χ4n) is 1.53. The monoisotopic (exact) mass is 284 g/mol. The molecule has 0 aliphatic carbocycles. The van der Waals surface area contributed by atoms with Crippen LogP contribution in [0.25, 0.3) is 0 Å². The second kappa shape index (κ2) is 6.68. The molecule has 0 spiro atoms. The van der Waals surface area contributed by atoms with E-state index in [0.717, 1.165) is 4.88 Å². The van der Waals surface area contributed by atoms with Crippen molar-refractivity contribution >= 4 is 23.2 Å². The Hall–Kier alpha value is -1.40. The van der Waals surface area contributed by atoms with Gasteiger partial charge in [-0.05, 0) is 25.3 Å². The highest BCUT2D eigenvalue weighted by Crippen LogP contribution is 2.21. The number of hydrogen-bond acceptors (Lipinski definition) is 4. The van der Waals surface area contributed by atoms with Gasteiger partial charge < -0.3 is 15.7 Å². The number of rotatable bonds is 6. The second-order valence-electron chi connectivity index (χ2n) is 5.06. The van der Waals surface area contributed by atoms with Crippen LogP contribution in [-0.2, 0) is 9.59 Å². The average Bonchev–Trinajstić information content (AvgIpc) is 2.77. The lowest BCUT2D eigenvalue weighted by atomic mass is 10.1. The lowest BCUT2D eigenvalue weighted by Gasteiger charge is -2.20. The zero-order chi connectivity index (χ0) is 14.5. The van der Waals surface area contributed by atoms with Crippen molar-refractivity contribution in [2.45, 2.75) is 38.8 Å². The van der Waals surface area contributed by atoms with Crippen LogP contribution < -0.4 is 10.6 Å². The molecule has 0 aromatic carbocycles. The van der Waals surface area contributed by atoms with E-state index >= 15 is 0 Å². The van der Waals surface area contributed by atoms with Crippen molar-refractivity contribution in [3.8, 4) is 0 Å². The van der Waals surface area contributed by atoms with Gasteiger partial charge in [0.05, 0.1) is 18.1 Å². The summed E-state index contributed by atoms with van der Waals surface area (Å²) < 4.78 is 0. The lowest BCUT2D eigenvalue weighted by Crippen LogP contribution is -2.40. The Labute approximate surface area is 117 Å². The summed E-state index contributed by atoms with van der Waals surface area (Å²) in [6.07, 6.45) is 0.163. The van der Waals surface area contributed by atoms with Gasteiger partial charge in [-0.25, -0.2) is 0 Å². The van der Waals surface area contributed by atoms with E-state index in [1.807, 2.05) is 17.5 Å². The third-order valence-electron chi connectivity index (χ3n) is 2.37. The largest absolute Gasteiger partial charge is 0.389 e. The van der Waals surface area contributed by atoms with Crippen LogP contribution in [0, 0.1) is 0 Å². The highest BCUT2D eigenvalue weighted by Gasteiger charge is 2.20. The zero-order valence-electron chi connectivity index (χ0n) is 11.4. The van der Waals surface area contributed by atoms with Gasteiger partial charge in [0, 0.05) is 18.3 Å². The first-order valence-electron chi connectivity index (χ1n) is 6.07. The van der Waals surface area contributed by atoms with E-state index in [0.29, 0.717) is 0 Å². The smallest absolute Gasteiger partial charge is 0.222 e. The van der Waals surface area contributed by atoms with Crippen molar-refractivity contribution in [3.05, 3.63) is 22.4 Å². The highest BCUT2D eigenvalue weighted by atomic mass is 32.1. The normalized spacial score (nSPS) is 12.8. The first kappa shape index (κ1) is 15.7. The van der Waals surface area contributed by atoms with Gasteiger partial charge in [-0.3, -0.25) is 9.59 Å². The van der Waals surface area contributed by atoms with E-state index < -0.39 is 5.60 Å². The Balaban J connectivity index is 2.58. The molecule has 1 aromatic heterocycles. The van der Waals surface area contributed by atoms with Gasteiger partial charge in [0.1, 0.15) is 0 Å². The molecule has 106 valence electrons. The minimum Gasteiger partial charge on any atom is -0.389 e. The predicted molar refractivity (Wildman–Crippen MR) is 74.8 cm³/mol. The molecule has 1 aromatic rings. The van der Waals surface area contributed by atoms with E-state index in [2.05, 4.69) is 10.6 Å². The number of amides is 2. The molecule has 0 fully saturated rings. The topological polar surface area (TPSA) is 78.4 Å². The van der Waals surface area contributed by atoms with Gasteiger partial charge >= 0.3 is 0 Å². The third-order valence-corrected chi connectivity index (χ3v) is 3.36. The lowest BCUT2D eigenvalue weighted by molar-refractivity contribution is -0.123. The number of hydrogen-bond donors (Lipinski definition) is 3. The van der Waals surface area contributed by atoms with Crippen molar-refractivity contribution in [2.75, 3.05) is 6.54 Å². The van der Waals surface area contributed by atoms with E-state index in [1.54, 1.807) is 13.8 Å². The van der Waals surface area contributed by atoms with Crippen LogP contribution in [-0.4, -0.2) is 29.1 Å². The van der Waals surface area contributed by atoms with Crippen LogP contribution in [0.3, 0.4) is 0 Å². The Morgan fingerprint density at radius 2 is 2.16 bits per heavy atom. The van der Waals surface area contributed by atoms with Gasteiger partial charge in [0.2, 0.25) is 11.8 Å². The summed E-state index contributed by atoms with van der Waals surface area (Å²) >= 11 is 1.49. The quantitative estimate of drug-likeness (QED) is 0.734. The zero-order valence-corrected chi connectivity index (χ0v) is 12.2. The summed E-state index contributed by atoms with van der Waals surface area (Å²) in [4.78, 5) is 23.9. The first-order chi connectivity index (χ1) is 8.78. The molecular formula is C13H20N2O3S. The van der Waals surface area contributed by atoms with Crippen LogP contribution in [0.4, 0.5) is 0 Å². The molecule has 0 saturated heterocycles. The average molecular weight is 284 g/mol. The summed E-state index contributed by atoms with van der Waals surface area (Å²) in [6, 6.07) is 3.44. The van der Waals surface area contributed by atoms with Crippen LogP contribution in [0.5, 0.6) is 0 Å². The SMILES string of the molecule is CC(=O)NC(CC(=O)NCC(C)(C)O)c1cccs1. The molecule has 0 aliphatic heterocycles. The molecule has 19 heavy (non-hydrogen) atoms. The summed E-state index contributed by atoms with van der Waals surface area (Å²) in [6.45, 7) is 4.86. The summed E-state index contributed by atoms with van der Waals surface area (Å²) in [5.41, 5.74) is -0.942. The Morgan fingerprint density at radius 3 is 2.63 bits per heavy atom. The molecule has 1 unspecified atom stereocenters. The third kappa shape index (κ3) is 6.35. The molecule has 0 radical (unpaired) electrons. The first-order valence-corrected chi connectivity index (χ1v) is 6.95. The van der Waals surface area contributed by atoms with Gasteiger partial charge in [0.25, 0.3) is 0 Å². The van der Waals surface area contributed by atoms with Gasteiger partial charge in [0.15, 0.2) is 0 Å². The van der Waals surface area contributed by atoms with Gasteiger partial charge in [-0.15, -0.1) is 11.3 Å². The van der Waals surface area contributed by atoms with Crippen molar-refractivity contribution in [1.29, 1.82) is 0 Å². The minimum absolute atomic E-state index is 0.163. The van der Waals surface area contributed by atoms with Crippen LogP contribution in [0.1, 0.15) is 38.1 Å². The number of nitrogens with one attached hydrogen (secondary N) is 2. The second-order valence-corrected chi connectivity index (χ2v) is 6.04. The number of aliphatic hydroxyl groups is 1. The summed E-state index contributed by atoms with van der Waals surface area (Å²) in [7, 11) is 0. The van der Waals surface area contributed by atoms with Crippen molar-refractivity contribution in [3.63, 3.8) is 0 Å². The summed E-state index contributed by atoms with van der Waals surface area (Å²) in [5, 5.41) is 16.9. The molecule has 3 N–H and O–H groups in total. The Morgan fingerprint density at radius 1 is 1.47 bits per heavy atom. The standard InChI is InChI=1S/C13H20N2O3S/c1-9(16)15-10(11-5-4-6-19-11)7-12(17)14-8-13(2,3)18/h4-6,10,18H,7-8H2,1-3H3,(H,14,17)(H,15,16). The maximum Gasteiger partial charge on any atom is 0.222 e. The number of thiophene rings is 1. The van der Waals surface area contributed by atoms with E-state index in [-0.39, 0.29) is 30.8 Å². The van der Waals surface area contributed by atoms with Gasteiger partial charge in [-0.2, -0.15) is 0 Å². The number of carbonyl (C=O) groups is 2. The maximum absolute atomic E-state index is 11.8. The molecule has 1 rings (SSSR count). The predicted octanol–water partition coefficient (Wildman–Crippen LogP) is 1.20. The van der Waals surface area contributed by atoms with Crippen LogP contribution in [0.15, 0.2) is 17.5 Å². The molecule has 5 nitrogen and oxygen atoms in total. The molecule has 1 atom stereocenters. The molecule has 0 saturated carbocycles. The fraction of sp³-hybridized carbons (Fsp3) is 0.538.